The van der Waals surface area contributed by atoms with Gasteiger partial charge >= 0.3 is 5.97 Å². The molecule has 1 N–H and O–H groups in total. The van der Waals surface area contributed by atoms with Crippen molar-refractivity contribution in [1.82, 2.24) is 0 Å². The van der Waals surface area contributed by atoms with E-state index in [2.05, 4.69) is 12.2 Å². The van der Waals surface area contributed by atoms with Gasteiger partial charge in [-0.3, -0.25) is 14.9 Å². The molecule has 0 bridgehead atoms. The van der Waals surface area contributed by atoms with Gasteiger partial charge in [0.25, 0.3) is 11.6 Å². The molecular weight excluding hydrogens is 380 g/mol. The first kappa shape index (κ1) is 21.4. The van der Waals surface area contributed by atoms with E-state index in [1.807, 2.05) is 12.1 Å². The number of nitro groups is 1. The first-order chi connectivity index (χ1) is 13.4. The number of ether oxygens (including phenoxy) is 1. The lowest BCUT2D eigenvalue weighted by atomic mass is 10.1. The predicted molar refractivity (Wildman–Crippen MR) is 109 cm³/mol. The van der Waals surface area contributed by atoms with Crippen LogP contribution in [0.4, 0.5) is 11.4 Å². The predicted octanol–water partition coefficient (Wildman–Crippen LogP) is 4.45. The van der Waals surface area contributed by atoms with Gasteiger partial charge in [0.1, 0.15) is 0 Å². The zero-order chi connectivity index (χ0) is 20.5. The smallest absolute Gasteiger partial charge is 0.338 e. The van der Waals surface area contributed by atoms with Crippen LogP contribution in [0.1, 0.15) is 35.7 Å². The molecule has 0 aliphatic carbocycles. The van der Waals surface area contributed by atoms with E-state index >= 15 is 0 Å². The van der Waals surface area contributed by atoms with Crippen LogP contribution in [0.3, 0.4) is 0 Å². The Balaban J connectivity index is 1.91. The van der Waals surface area contributed by atoms with Crippen LogP contribution in [0.2, 0.25) is 0 Å². The van der Waals surface area contributed by atoms with Crippen molar-refractivity contribution in [1.29, 1.82) is 0 Å². The molecule has 2 aromatic carbocycles. The van der Waals surface area contributed by atoms with E-state index < -0.39 is 23.4 Å². The number of amides is 1. The third-order valence-corrected chi connectivity index (χ3v) is 4.79. The summed E-state index contributed by atoms with van der Waals surface area (Å²) in [5.74, 6) is -1.27. The van der Waals surface area contributed by atoms with Crippen molar-refractivity contribution >= 4 is 35.0 Å². The number of nitrogens with zero attached hydrogens (tertiary/aromatic N) is 1. The fourth-order valence-corrected chi connectivity index (χ4v) is 3.05. The fraction of sp³-hybridized carbons (Fsp3) is 0.300. The van der Waals surface area contributed by atoms with Gasteiger partial charge in [0.05, 0.1) is 15.4 Å². The Hall–Kier alpha value is -2.87. The highest BCUT2D eigenvalue weighted by Gasteiger charge is 2.18. The van der Waals surface area contributed by atoms with Gasteiger partial charge in [-0.15, -0.1) is 11.8 Å². The van der Waals surface area contributed by atoms with Crippen LogP contribution in [0.5, 0.6) is 0 Å². The summed E-state index contributed by atoms with van der Waals surface area (Å²) in [6.07, 6.45) is 4.93. The molecule has 0 unspecified atom stereocenters. The SMILES string of the molecule is CCCCc1ccc(NC(=O)COC(=O)c2ccc(SC)c([N+](=O)[O-])c2)cc1. The second-order valence-corrected chi connectivity index (χ2v) is 6.92. The topological polar surface area (TPSA) is 98.5 Å². The average Bonchev–Trinajstić information content (AvgIpc) is 2.70. The summed E-state index contributed by atoms with van der Waals surface area (Å²) in [5.41, 5.74) is 1.66. The maximum Gasteiger partial charge on any atom is 0.338 e. The Kier molecular flexibility index (Phi) is 8.01. The molecule has 0 heterocycles. The van der Waals surface area contributed by atoms with E-state index in [1.165, 1.54) is 29.5 Å². The minimum absolute atomic E-state index is 0.0255. The zero-order valence-corrected chi connectivity index (χ0v) is 16.6. The molecular formula is C20H22N2O5S. The summed E-state index contributed by atoms with van der Waals surface area (Å²) in [7, 11) is 0. The number of thioether (sulfide) groups is 1. The van der Waals surface area contributed by atoms with E-state index in [9.17, 15) is 19.7 Å². The molecule has 0 aromatic heterocycles. The Labute approximate surface area is 167 Å². The monoisotopic (exact) mass is 402 g/mol. The summed E-state index contributed by atoms with van der Waals surface area (Å²) in [6, 6.07) is 11.6. The molecule has 0 radical (unpaired) electrons. The van der Waals surface area contributed by atoms with Gasteiger partial charge in [-0.25, -0.2) is 4.79 Å². The van der Waals surface area contributed by atoms with Gasteiger partial charge in [-0.1, -0.05) is 25.5 Å². The largest absolute Gasteiger partial charge is 0.452 e. The number of carbonyl (C=O) groups excluding carboxylic acids is 2. The molecule has 0 fully saturated rings. The molecule has 0 aliphatic heterocycles. The first-order valence-corrected chi connectivity index (χ1v) is 10.1. The maximum absolute atomic E-state index is 12.1. The molecule has 8 heteroatoms. The number of esters is 1. The van der Waals surface area contributed by atoms with Crippen molar-refractivity contribution in [3.8, 4) is 0 Å². The van der Waals surface area contributed by atoms with E-state index in [0.717, 1.165) is 25.3 Å². The summed E-state index contributed by atoms with van der Waals surface area (Å²) >= 11 is 1.21. The molecule has 2 rings (SSSR count). The van der Waals surface area contributed by atoms with Crippen molar-refractivity contribution in [3.63, 3.8) is 0 Å². The van der Waals surface area contributed by atoms with Gasteiger partial charge in [0, 0.05) is 11.8 Å². The average molecular weight is 402 g/mol. The number of benzene rings is 2. The normalized spacial score (nSPS) is 10.4. The molecule has 28 heavy (non-hydrogen) atoms. The standard InChI is InChI=1S/C20H22N2O5S/c1-3-4-5-14-6-9-16(10-7-14)21-19(23)13-27-20(24)15-8-11-18(28-2)17(12-15)22(25)26/h6-12H,3-5,13H2,1-2H3,(H,21,23). The lowest BCUT2D eigenvalue weighted by Crippen LogP contribution is -2.21. The summed E-state index contributed by atoms with van der Waals surface area (Å²) < 4.78 is 4.97. The highest BCUT2D eigenvalue weighted by molar-refractivity contribution is 7.98. The van der Waals surface area contributed by atoms with Crippen LogP contribution >= 0.6 is 11.8 Å². The summed E-state index contributed by atoms with van der Waals surface area (Å²) in [6.45, 7) is 1.65. The van der Waals surface area contributed by atoms with E-state index in [-0.39, 0.29) is 11.3 Å². The number of unbranched alkanes of at least 4 members (excludes halogenated alkanes) is 1. The lowest BCUT2D eigenvalue weighted by molar-refractivity contribution is -0.387. The third-order valence-electron chi connectivity index (χ3n) is 4.00. The van der Waals surface area contributed by atoms with Crippen molar-refractivity contribution < 1.29 is 19.2 Å². The Morgan fingerprint density at radius 1 is 1.18 bits per heavy atom. The van der Waals surface area contributed by atoms with Gasteiger partial charge in [0.15, 0.2) is 6.61 Å². The van der Waals surface area contributed by atoms with Crippen LogP contribution in [-0.4, -0.2) is 29.7 Å². The van der Waals surface area contributed by atoms with Crippen LogP contribution in [0, 0.1) is 10.1 Å². The van der Waals surface area contributed by atoms with Gasteiger partial charge < -0.3 is 10.1 Å². The number of anilines is 1. The molecule has 0 saturated carbocycles. The maximum atomic E-state index is 12.1. The number of rotatable bonds is 9. The number of hydrogen-bond donors (Lipinski definition) is 1. The summed E-state index contributed by atoms with van der Waals surface area (Å²) in [4.78, 5) is 35.0. The molecule has 0 saturated heterocycles. The van der Waals surface area contributed by atoms with E-state index in [1.54, 1.807) is 18.4 Å². The fourth-order valence-electron chi connectivity index (χ4n) is 2.51. The highest BCUT2D eigenvalue weighted by atomic mass is 32.2. The van der Waals surface area contributed by atoms with Crippen molar-refractivity contribution in [2.45, 2.75) is 31.1 Å². The quantitative estimate of drug-likeness (QED) is 0.288. The molecule has 0 aliphatic rings. The van der Waals surface area contributed by atoms with Gasteiger partial charge in [-0.05, 0) is 48.9 Å². The minimum atomic E-state index is -0.791. The number of carbonyl (C=O) groups is 2. The highest BCUT2D eigenvalue weighted by Crippen LogP contribution is 2.28. The van der Waals surface area contributed by atoms with E-state index in [0.29, 0.717) is 10.6 Å². The molecule has 7 nitrogen and oxygen atoms in total. The molecule has 0 spiro atoms. The van der Waals surface area contributed by atoms with Gasteiger partial charge in [-0.2, -0.15) is 0 Å². The molecule has 1 amide bonds. The Morgan fingerprint density at radius 3 is 2.50 bits per heavy atom. The van der Waals surface area contributed by atoms with Crippen molar-refractivity contribution in [3.05, 3.63) is 63.7 Å². The van der Waals surface area contributed by atoms with Gasteiger partial charge in [0.2, 0.25) is 0 Å². The molecule has 2 aromatic rings. The molecule has 0 atom stereocenters. The summed E-state index contributed by atoms with van der Waals surface area (Å²) in [5, 5.41) is 13.7. The Bertz CT molecular complexity index is 852. The number of hydrogen-bond acceptors (Lipinski definition) is 6. The number of nitrogens with one attached hydrogen (secondary N) is 1. The number of aryl methyl sites for hydroxylation is 1. The van der Waals surface area contributed by atoms with Crippen molar-refractivity contribution in [2.24, 2.45) is 0 Å². The van der Waals surface area contributed by atoms with Crippen LogP contribution in [-0.2, 0) is 16.0 Å². The van der Waals surface area contributed by atoms with Crippen LogP contribution < -0.4 is 5.32 Å². The van der Waals surface area contributed by atoms with Crippen molar-refractivity contribution in [2.75, 3.05) is 18.2 Å². The second kappa shape index (κ2) is 10.5. The van der Waals surface area contributed by atoms with E-state index in [4.69, 9.17) is 4.74 Å². The Morgan fingerprint density at radius 2 is 1.89 bits per heavy atom. The second-order valence-electron chi connectivity index (χ2n) is 6.07. The zero-order valence-electron chi connectivity index (χ0n) is 15.8. The number of nitro benzene ring substituents is 1. The molecule has 148 valence electrons. The van der Waals surface area contributed by atoms with Crippen LogP contribution in [0.15, 0.2) is 47.4 Å². The third kappa shape index (κ3) is 6.09. The lowest BCUT2D eigenvalue weighted by Gasteiger charge is -2.08. The van der Waals surface area contributed by atoms with Crippen LogP contribution in [0.25, 0.3) is 0 Å². The minimum Gasteiger partial charge on any atom is -0.452 e. The first-order valence-electron chi connectivity index (χ1n) is 8.83.